The molecule has 1 atom stereocenters. The standard InChI is InChI=1S/C10H10N4.C10H11N3O.C9H8N3P.4CH5N.2CH4/c1-12-9-7(5-11)6-13-10-8(9)3-4-14(10)2;1-11-9-7(6-14)5-12-10-8(9)3-4-13(10)2;1-12-3-2-7-8(13)6(4-10)5-11-9(7)12;4*1-2;;/h3-4,6H,1-2H3,(H,12,13);3-6H,1-2H3,(H,11,12);2-3,5H,13H2,1H3;4*2H2,1H3;2*1H4. The van der Waals surface area contributed by atoms with Gasteiger partial charge in [0.15, 0.2) is 6.29 Å². The summed E-state index contributed by atoms with van der Waals surface area (Å²) in [6.07, 6.45) is 11.4. The maximum absolute atomic E-state index is 10.7. The van der Waals surface area contributed by atoms with Crippen molar-refractivity contribution in [3.63, 3.8) is 0 Å². The van der Waals surface area contributed by atoms with Crippen LogP contribution in [0.4, 0.5) is 11.4 Å². The van der Waals surface area contributed by atoms with Crippen LogP contribution in [-0.4, -0.2) is 77.2 Å². The van der Waals surface area contributed by atoms with Crippen LogP contribution >= 0.6 is 9.24 Å². The lowest BCUT2D eigenvalue weighted by atomic mass is 10.2. The normalized spacial score (nSPS) is 8.71. The molecule has 6 rings (SSSR count). The summed E-state index contributed by atoms with van der Waals surface area (Å²) in [7, 11) is 18.0. The third kappa shape index (κ3) is 11.9. The van der Waals surface area contributed by atoms with Gasteiger partial charge in [-0.2, -0.15) is 10.5 Å². The fourth-order valence-corrected chi connectivity index (χ4v) is 4.85. The molecule has 51 heavy (non-hydrogen) atoms. The Hall–Kier alpha value is -5.41. The van der Waals surface area contributed by atoms with Gasteiger partial charge in [-0.15, -0.1) is 9.24 Å². The Kier molecular flexibility index (Phi) is 25.9. The first-order valence-electron chi connectivity index (χ1n) is 14.8. The van der Waals surface area contributed by atoms with Crippen molar-refractivity contribution in [3.8, 4) is 12.1 Å². The number of carbonyl (C=O) groups is 1. The summed E-state index contributed by atoms with van der Waals surface area (Å²) in [6.45, 7) is 0. The molecule has 1 unspecified atom stereocenters. The number of nitriles is 2. The third-order valence-electron chi connectivity index (χ3n) is 6.62. The number of hydrogen-bond acceptors (Lipinski definition) is 12. The predicted molar refractivity (Wildman–Crippen MR) is 219 cm³/mol. The lowest BCUT2D eigenvalue weighted by Gasteiger charge is -2.05. The van der Waals surface area contributed by atoms with Crippen LogP contribution in [-0.2, 0) is 21.1 Å². The van der Waals surface area contributed by atoms with Crippen molar-refractivity contribution < 1.29 is 4.79 Å². The van der Waals surface area contributed by atoms with Crippen LogP contribution < -0.4 is 38.9 Å². The Labute approximate surface area is 304 Å². The zero-order valence-corrected chi connectivity index (χ0v) is 30.8. The zero-order valence-electron chi connectivity index (χ0n) is 29.6. The molecule has 6 aromatic rings. The third-order valence-corrected chi connectivity index (χ3v) is 7.24. The first-order valence-corrected chi connectivity index (χ1v) is 15.4. The van der Waals surface area contributed by atoms with Crippen LogP contribution in [0.5, 0.6) is 0 Å². The highest BCUT2D eigenvalue weighted by atomic mass is 31.0. The molecule has 0 aliphatic rings. The molecule has 0 radical (unpaired) electrons. The Morgan fingerprint density at radius 1 is 0.647 bits per heavy atom. The molecule has 6 heterocycles. The van der Waals surface area contributed by atoms with Gasteiger partial charge in [-0.3, -0.25) is 4.79 Å². The van der Waals surface area contributed by atoms with E-state index < -0.39 is 0 Å². The van der Waals surface area contributed by atoms with E-state index in [2.05, 4.69) is 69.9 Å². The van der Waals surface area contributed by atoms with E-state index in [1.165, 1.54) is 28.2 Å². The van der Waals surface area contributed by atoms with Gasteiger partial charge in [-0.1, -0.05) is 14.9 Å². The smallest absolute Gasteiger partial charge is 0.153 e. The maximum atomic E-state index is 10.7. The molecule has 0 saturated heterocycles. The molecule has 278 valence electrons. The number of pyridine rings is 3. The fraction of sp³-hybridized carbons (Fsp3) is 0.314. The Morgan fingerprint density at radius 2 is 1.00 bits per heavy atom. The van der Waals surface area contributed by atoms with Crippen LogP contribution in [0.2, 0.25) is 0 Å². The number of aryl methyl sites for hydroxylation is 3. The van der Waals surface area contributed by atoms with E-state index in [4.69, 9.17) is 10.5 Å². The number of nitrogens with one attached hydrogen (secondary N) is 2. The summed E-state index contributed by atoms with van der Waals surface area (Å²) in [5, 5.41) is 27.6. The van der Waals surface area contributed by atoms with Gasteiger partial charge in [0.05, 0.1) is 28.1 Å². The Morgan fingerprint density at radius 3 is 1.39 bits per heavy atom. The van der Waals surface area contributed by atoms with Crippen LogP contribution in [0.1, 0.15) is 36.3 Å². The van der Waals surface area contributed by atoms with Gasteiger partial charge in [0.1, 0.15) is 29.1 Å². The van der Waals surface area contributed by atoms with E-state index in [0.29, 0.717) is 16.7 Å². The number of hydrogen-bond donors (Lipinski definition) is 6. The second-order valence-corrected chi connectivity index (χ2v) is 9.63. The molecule has 0 aliphatic heterocycles. The second kappa shape index (κ2) is 26.5. The molecule has 0 fully saturated rings. The van der Waals surface area contributed by atoms with Crippen molar-refractivity contribution in [1.29, 1.82) is 10.5 Å². The van der Waals surface area contributed by atoms with E-state index in [-0.39, 0.29) is 14.9 Å². The monoisotopic (exact) mass is 720 g/mol. The molecular weight excluding hydrogens is 663 g/mol. The number of anilines is 2. The summed E-state index contributed by atoms with van der Waals surface area (Å²) >= 11 is 0. The van der Waals surface area contributed by atoms with Crippen molar-refractivity contribution in [3.05, 3.63) is 72.1 Å². The fourth-order valence-electron chi connectivity index (χ4n) is 4.48. The quantitative estimate of drug-likeness (QED) is 0.114. The number of aromatic nitrogens is 6. The molecule has 0 bridgehead atoms. The highest BCUT2D eigenvalue weighted by molar-refractivity contribution is 7.28. The van der Waals surface area contributed by atoms with Crippen molar-refractivity contribution in [2.24, 2.45) is 44.1 Å². The molecule has 6 aromatic heterocycles. The SMILES string of the molecule is C.C.CN.CN.CN.CN.CNc1c(C#N)cnc2c1ccn2C.CNc1c(C=O)cnc2c1ccn2C.Cn1ccc2c(P)c(C#N)cnc21. The van der Waals surface area contributed by atoms with E-state index in [1.807, 2.05) is 78.7 Å². The molecule has 0 spiro atoms. The summed E-state index contributed by atoms with van der Waals surface area (Å²) in [4.78, 5) is 23.4. The van der Waals surface area contributed by atoms with E-state index in [9.17, 15) is 4.79 Å². The molecule has 0 aromatic carbocycles. The van der Waals surface area contributed by atoms with Gasteiger partial charge in [-0.25, -0.2) is 15.0 Å². The van der Waals surface area contributed by atoms with Crippen molar-refractivity contribution in [2.45, 2.75) is 14.9 Å². The number of carbonyl (C=O) groups excluding carboxylic acids is 1. The van der Waals surface area contributed by atoms with Gasteiger partial charge < -0.3 is 47.3 Å². The highest BCUT2D eigenvalue weighted by Gasteiger charge is 2.10. The number of nitrogens with zero attached hydrogens (tertiary/aromatic N) is 8. The van der Waals surface area contributed by atoms with Crippen molar-refractivity contribution in [2.75, 3.05) is 52.9 Å². The average Bonchev–Trinajstić information content (AvgIpc) is 3.87. The van der Waals surface area contributed by atoms with Crippen LogP contribution in [0.3, 0.4) is 0 Å². The number of rotatable bonds is 3. The number of aldehydes is 1. The first-order chi connectivity index (χ1) is 23.8. The molecular formula is C35H57N14OP. The van der Waals surface area contributed by atoms with Crippen molar-refractivity contribution >= 4 is 65.3 Å². The highest BCUT2D eigenvalue weighted by Crippen LogP contribution is 2.26. The van der Waals surface area contributed by atoms with Gasteiger partial charge in [0, 0.05) is 93.9 Å². The predicted octanol–water partition coefficient (Wildman–Crippen LogP) is 3.43. The minimum atomic E-state index is 0. The summed E-state index contributed by atoms with van der Waals surface area (Å²) < 4.78 is 5.78. The summed E-state index contributed by atoms with van der Waals surface area (Å²) in [5.41, 5.74) is 24.1. The first kappa shape index (κ1) is 50.0. The molecule has 10 N–H and O–H groups in total. The number of nitrogens with two attached hydrogens (primary N) is 4. The summed E-state index contributed by atoms with van der Waals surface area (Å²) in [6, 6.07) is 10.1. The zero-order chi connectivity index (χ0) is 37.7. The number of fused-ring (bicyclic) bond motifs is 3. The Bertz CT molecular complexity index is 1980. The minimum Gasteiger partial charge on any atom is -0.387 e. The largest absolute Gasteiger partial charge is 0.387 e. The van der Waals surface area contributed by atoms with Gasteiger partial charge in [-0.05, 0) is 46.4 Å². The van der Waals surface area contributed by atoms with Gasteiger partial charge in [0.25, 0.3) is 0 Å². The topological polar surface area (TPSA) is 246 Å². The lowest BCUT2D eigenvalue weighted by Crippen LogP contribution is -2.01. The van der Waals surface area contributed by atoms with Gasteiger partial charge >= 0.3 is 0 Å². The molecule has 0 saturated carbocycles. The molecule has 16 heteroatoms. The summed E-state index contributed by atoms with van der Waals surface area (Å²) in [5.74, 6) is 0. The maximum Gasteiger partial charge on any atom is 0.153 e. The van der Waals surface area contributed by atoms with E-state index in [1.54, 1.807) is 25.6 Å². The van der Waals surface area contributed by atoms with E-state index in [0.717, 1.165) is 56.1 Å². The van der Waals surface area contributed by atoms with E-state index >= 15 is 0 Å². The average molecular weight is 721 g/mol. The molecule has 15 nitrogen and oxygen atoms in total. The Balaban J connectivity index is -0.000000605. The lowest BCUT2D eigenvalue weighted by molar-refractivity contribution is 0.112. The molecule has 0 aliphatic carbocycles. The minimum absolute atomic E-state index is 0. The van der Waals surface area contributed by atoms with Crippen LogP contribution in [0.25, 0.3) is 33.1 Å². The molecule has 0 amide bonds. The van der Waals surface area contributed by atoms with Crippen LogP contribution in [0, 0.1) is 22.7 Å². The van der Waals surface area contributed by atoms with Crippen LogP contribution in [0.15, 0.2) is 55.4 Å². The second-order valence-electron chi connectivity index (χ2n) is 9.05. The van der Waals surface area contributed by atoms with Gasteiger partial charge in [0.2, 0.25) is 0 Å². The van der Waals surface area contributed by atoms with Crippen molar-refractivity contribution in [1.82, 2.24) is 28.7 Å².